The van der Waals surface area contributed by atoms with Gasteiger partial charge in [0.15, 0.2) is 6.61 Å². The number of benzene rings is 2. The van der Waals surface area contributed by atoms with Gasteiger partial charge in [-0.2, -0.15) is 0 Å². The minimum atomic E-state index is -0.279. The van der Waals surface area contributed by atoms with Crippen LogP contribution >= 0.6 is 0 Å². The van der Waals surface area contributed by atoms with Crippen molar-refractivity contribution in [3.8, 4) is 5.75 Å². The van der Waals surface area contributed by atoms with Gasteiger partial charge in [-0.1, -0.05) is 31.2 Å². The van der Waals surface area contributed by atoms with Gasteiger partial charge in [0, 0.05) is 6.54 Å². The Morgan fingerprint density at radius 1 is 1.04 bits per heavy atom. The number of amides is 2. The number of carbonyl (C=O) groups is 2. The van der Waals surface area contributed by atoms with Gasteiger partial charge in [0.05, 0.1) is 11.3 Å². The summed E-state index contributed by atoms with van der Waals surface area (Å²) in [5.74, 6) is 0.321. The van der Waals surface area contributed by atoms with E-state index in [4.69, 9.17) is 4.74 Å². The maximum absolute atomic E-state index is 12.4. The summed E-state index contributed by atoms with van der Waals surface area (Å²) < 4.78 is 5.79. The van der Waals surface area contributed by atoms with Gasteiger partial charge in [0.1, 0.15) is 5.75 Å². The largest absolute Gasteiger partial charge is 0.483 e. The number of hydrogen-bond donors (Lipinski definition) is 2. The summed E-state index contributed by atoms with van der Waals surface area (Å²) in [5, 5.41) is 5.63. The Hall–Kier alpha value is -2.82. The summed E-state index contributed by atoms with van der Waals surface area (Å²) in [6.45, 7) is 2.51. The van der Waals surface area contributed by atoms with E-state index in [1.165, 1.54) is 17.5 Å². The maximum atomic E-state index is 12.4. The second kappa shape index (κ2) is 9.21. The van der Waals surface area contributed by atoms with Gasteiger partial charge in [-0.3, -0.25) is 9.59 Å². The van der Waals surface area contributed by atoms with Gasteiger partial charge in [-0.25, -0.2) is 0 Å². The molecule has 2 aromatic rings. The maximum Gasteiger partial charge on any atom is 0.262 e. The van der Waals surface area contributed by atoms with Crippen LogP contribution in [-0.2, 0) is 17.6 Å². The van der Waals surface area contributed by atoms with Gasteiger partial charge in [0.2, 0.25) is 0 Å². The van der Waals surface area contributed by atoms with E-state index in [0.717, 1.165) is 31.4 Å². The summed E-state index contributed by atoms with van der Waals surface area (Å²) in [6, 6.07) is 13.0. The molecule has 0 saturated heterocycles. The van der Waals surface area contributed by atoms with Crippen molar-refractivity contribution in [3.05, 3.63) is 59.2 Å². The molecule has 1 aliphatic rings. The van der Waals surface area contributed by atoms with E-state index in [1.54, 1.807) is 24.3 Å². The number of nitrogens with one attached hydrogen (secondary N) is 2. The smallest absolute Gasteiger partial charge is 0.262 e. The Balaban J connectivity index is 1.63. The van der Waals surface area contributed by atoms with Crippen molar-refractivity contribution in [2.45, 2.75) is 39.0 Å². The number of fused-ring (bicyclic) bond motifs is 1. The number of rotatable bonds is 7. The Bertz CT molecular complexity index is 817. The zero-order chi connectivity index (χ0) is 19.1. The predicted octanol–water partition coefficient (Wildman–Crippen LogP) is 3.72. The van der Waals surface area contributed by atoms with E-state index in [0.29, 0.717) is 17.8 Å². The minimum absolute atomic E-state index is 0.0820. The van der Waals surface area contributed by atoms with Crippen LogP contribution in [0.25, 0.3) is 0 Å². The summed E-state index contributed by atoms with van der Waals surface area (Å²) in [6.07, 6.45) is 5.27. The van der Waals surface area contributed by atoms with Crippen LogP contribution in [0.5, 0.6) is 5.75 Å². The number of para-hydroxylation sites is 1. The van der Waals surface area contributed by atoms with Gasteiger partial charge in [-0.15, -0.1) is 0 Å². The summed E-state index contributed by atoms with van der Waals surface area (Å²) in [4.78, 5) is 24.6. The van der Waals surface area contributed by atoms with Gasteiger partial charge in [-0.05, 0) is 61.4 Å². The predicted molar refractivity (Wildman–Crippen MR) is 106 cm³/mol. The lowest BCUT2D eigenvalue weighted by atomic mass is 9.91. The molecule has 0 spiro atoms. The quantitative estimate of drug-likeness (QED) is 0.785. The molecule has 0 fully saturated rings. The Labute approximate surface area is 160 Å². The lowest BCUT2D eigenvalue weighted by Gasteiger charge is -2.19. The van der Waals surface area contributed by atoms with E-state index in [-0.39, 0.29) is 18.4 Å². The first-order valence-electron chi connectivity index (χ1n) is 9.59. The molecule has 2 aromatic carbocycles. The molecule has 0 unspecified atom stereocenters. The number of aryl methyl sites for hydroxylation is 1. The molecule has 0 atom stereocenters. The van der Waals surface area contributed by atoms with Gasteiger partial charge >= 0.3 is 0 Å². The molecule has 0 aromatic heterocycles. The number of ether oxygens (including phenoxy) is 1. The first-order chi connectivity index (χ1) is 13.2. The van der Waals surface area contributed by atoms with Crippen LogP contribution in [-0.4, -0.2) is 25.0 Å². The van der Waals surface area contributed by atoms with Crippen molar-refractivity contribution in [1.82, 2.24) is 5.32 Å². The standard InChI is InChI=1S/C22H26N2O3/c1-2-14-23-22(26)18-11-5-6-12-19(18)24-21(25)15-27-20-13-7-9-16-8-3-4-10-17(16)20/h5-7,9,11-13H,2-4,8,10,14-15H2,1H3,(H,23,26)(H,24,25). The molecule has 5 nitrogen and oxygen atoms in total. The highest BCUT2D eigenvalue weighted by molar-refractivity contribution is 6.04. The third kappa shape index (κ3) is 4.88. The molecule has 3 rings (SSSR count). The van der Waals surface area contributed by atoms with E-state index in [1.807, 2.05) is 19.1 Å². The van der Waals surface area contributed by atoms with Gasteiger partial charge < -0.3 is 15.4 Å². The summed E-state index contributed by atoms with van der Waals surface area (Å²) >= 11 is 0. The second-order valence-corrected chi connectivity index (χ2v) is 6.74. The Kier molecular flexibility index (Phi) is 6.47. The normalized spacial score (nSPS) is 12.8. The Morgan fingerprint density at radius 2 is 1.85 bits per heavy atom. The van der Waals surface area contributed by atoms with Crippen molar-refractivity contribution in [1.29, 1.82) is 0 Å². The highest BCUT2D eigenvalue weighted by atomic mass is 16.5. The van der Waals surface area contributed by atoms with Crippen molar-refractivity contribution < 1.29 is 14.3 Å². The minimum Gasteiger partial charge on any atom is -0.483 e. The fourth-order valence-corrected chi connectivity index (χ4v) is 3.33. The highest BCUT2D eigenvalue weighted by Gasteiger charge is 2.16. The van der Waals surface area contributed by atoms with Crippen molar-refractivity contribution in [2.24, 2.45) is 0 Å². The van der Waals surface area contributed by atoms with Crippen LogP contribution in [0.4, 0.5) is 5.69 Å². The van der Waals surface area contributed by atoms with Gasteiger partial charge in [0.25, 0.3) is 11.8 Å². The second-order valence-electron chi connectivity index (χ2n) is 6.74. The van der Waals surface area contributed by atoms with Crippen LogP contribution in [0.15, 0.2) is 42.5 Å². The zero-order valence-corrected chi connectivity index (χ0v) is 15.7. The molecule has 0 bridgehead atoms. The highest BCUT2D eigenvalue weighted by Crippen LogP contribution is 2.29. The molecule has 0 aliphatic heterocycles. The fraction of sp³-hybridized carbons (Fsp3) is 0.364. The van der Waals surface area contributed by atoms with Crippen molar-refractivity contribution >= 4 is 17.5 Å². The van der Waals surface area contributed by atoms with E-state index >= 15 is 0 Å². The first-order valence-corrected chi connectivity index (χ1v) is 9.59. The molecular formula is C22H26N2O3. The SMILES string of the molecule is CCCNC(=O)c1ccccc1NC(=O)COc1cccc2c1CCCC2. The third-order valence-electron chi connectivity index (χ3n) is 4.69. The molecular weight excluding hydrogens is 340 g/mol. The summed E-state index contributed by atoms with van der Waals surface area (Å²) in [5.41, 5.74) is 3.49. The molecule has 5 heteroatoms. The third-order valence-corrected chi connectivity index (χ3v) is 4.69. The summed E-state index contributed by atoms with van der Waals surface area (Å²) in [7, 11) is 0. The molecule has 1 aliphatic carbocycles. The monoisotopic (exact) mass is 366 g/mol. The number of hydrogen-bond acceptors (Lipinski definition) is 3. The van der Waals surface area contributed by atoms with Crippen molar-refractivity contribution in [2.75, 3.05) is 18.5 Å². The molecule has 142 valence electrons. The van der Waals surface area contributed by atoms with Crippen LogP contribution in [0.3, 0.4) is 0 Å². The molecule has 0 radical (unpaired) electrons. The number of carbonyl (C=O) groups excluding carboxylic acids is 2. The van der Waals surface area contributed by atoms with Crippen LogP contribution in [0.2, 0.25) is 0 Å². The van der Waals surface area contributed by atoms with Crippen LogP contribution in [0, 0.1) is 0 Å². The average Bonchev–Trinajstić information content (AvgIpc) is 2.71. The number of anilines is 1. The van der Waals surface area contributed by atoms with Crippen LogP contribution in [0.1, 0.15) is 47.7 Å². The van der Waals surface area contributed by atoms with Crippen molar-refractivity contribution in [3.63, 3.8) is 0 Å². The van der Waals surface area contributed by atoms with E-state index in [2.05, 4.69) is 16.7 Å². The lowest BCUT2D eigenvalue weighted by Crippen LogP contribution is -2.27. The zero-order valence-electron chi connectivity index (χ0n) is 15.7. The fourth-order valence-electron chi connectivity index (χ4n) is 3.33. The Morgan fingerprint density at radius 3 is 2.70 bits per heavy atom. The van der Waals surface area contributed by atoms with E-state index < -0.39 is 0 Å². The molecule has 0 saturated carbocycles. The molecule has 0 heterocycles. The molecule has 27 heavy (non-hydrogen) atoms. The lowest BCUT2D eigenvalue weighted by molar-refractivity contribution is -0.118. The van der Waals surface area contributed by atoms with E-state index in [9.17, 15) is 9.59 Å². The first kappa shape index (κ1) is 19.0. The molecule has 2 amide bonds. The van der Waals surface area contributed by atoms with Crippen LogP contribution < -0.4 is 15.4 Å². The molecule has 2 N–H and O–H groups in total. The average molecular weight is 366 g/mol. The topological polar surface area (TPSA) is 67.4 Å².